The second kappa shape index (κ2) is 7.57. The average molecular weight is 376 g/mol. The molecular weight excluding hydrogens is 362 g/mol. The van der Waals surface area contributed by atoms with Gasteiger partial charge < -0.3 is 5.32 Å². The highest BCUT2D eigenvalue weighted by Gasteiger charge is 2.22. The first-order chi connectivity index (χ1) is 11.2. The third-order valence-corrected chi connectivity index (χ3v) is 6.39. The van der Waals surface area contributed by atoms with E-state index < -0.39 is 0 Å². The fraction of sp³-hybridized carbons (Fsp3) is 0.0588. The van der Waals surface area contributed by atoms with Gasteiger partial charge >= 0.3 is 0 Å². The number of hydrogen-bond acceptors (Lipinski definition) is 5. The number of nitrogens with one attached hydrogen (secondary N) is 1. The molecule has 3 rings (SSSR count). The van der Waals surface area contributed by atoms with E-state index in [0.717, 1.165) is 10.5 Å². The summed E-state index contributed by atoms with van der Waals surface area (Å²) in [6.07, 6.45) is 3.98. The molecule has 1 aliphatic rings. The first kappa shape index (κ1) is 16.6. The Bertz CT molecular complexity index is 801. The van der Waals surface area contributed by atoms with Gasteiger partial charge in [0.1, 0.15) is 4.32 Å². The van der Waals surface area contributed by atoms with E-state index in [9.17, 15) is 4.79 Å². The predicted octanol–water partition coefficient (Wildman–Crippen LogP) is 5.05. The minimum Gasteiger partial charge on any atom is -0.307 e. The number of thioether (sulfide) groups is 2. The summed E-state index contributed by atoms with van der Waals surface area (Å²) in [5.74, 6) is -0.121. The van der Waals surface area contributed by atoms with Gasteiger partial charge in [-0.3, -0.25) is 4.79 Å². The zero-order chi connectivity index (χ0) is 16.2. The van der Waals surface area contributed by atoms with Crippen LogP contribution in [-0.2, 0) is 4.79 Å². The maximum Gasteiger partial charge on any atom is 0.263 e. The van der Waals surface area contributed by atoms with E-state index in [4.69, 9.17) is 12.2 Å². The van der Waals surface area contributed by atoms with Gasteiger partial charge in [0.15, 0.2) is 0 Å². The third-order valence-electron chi connectivity index (χ3n) is 3.14. The molecule has 0 spiro atoms. The van der Waals surface area contributed by atoms with E-state index in [2.05, 4.69) is 29.8 Å². The highest BCUT2D eigenvalue weighted by atomic mass is 32.2. The van der Waals surface area contributed by atoms with Gasteiger partial charge in [-0.15, -0.1) is 11.8 Å². The molecular formula is C17H13NOS4. The Kier molecular flexibility index (Phi) is 5.48. The Morgan fingerprint density at radius 1 is 1.04 bits per heavy atom. The van der Waals surface area contributed by atoms with Crippen LogP contribution >= 0.6 is 47.5 Å². The first-order valence-electron chi connectivity index (χ1n) is 6.82. The molecule has 0 unspecified atom stereocenters. The maximum absolute atomic E-state index is 11.9. The highest BCUT2D eigenvalue weighted by molar-refractivity contribution is 8.26. The van der Waals surface area contributed by atoms with Crippen molar-refractivity contribution in [1.29, 1.82) is 0 Å². The summed E-state index contributed by atoms with van der Waals surface area (Å²) in [4.78, 5) is 16.1. The van der Waals surface area contributed by atoms with E-state index in [1.807, 2.05) is 36.4 Å². The fourth-order valence-electron chi connectivity index (χ4n) is 2.08. The molecule has 0 atom stereocenters. The summed E-state index contributed by atoms with van der Waals surface area (Å²) in [6.45, 7) is 0. The molecule has 1 aliphatic heterocycles. The molecule has 1 N–H and O–H groups in total. The van der Waals surface area contributed by atoms with E-state index in [1.165, 1.54) is 21.6 Å². The van der Waals surface area contributed by atoms with Crippen LogP contribution in [0.2, 0.25) is 0 Å². The summed E-state index contributed by atoms with van der Waals surface area (Å²) in [6, 6.07) is 16.4. The molecule has 1 amide bonds. The van der Waals surface area contributed by atoms with E-state index in [1.54, 1.807) is 23.5 Å². The summed E-state index contributed by atoms with van der Waals surface area (Å²) in [5.41, 5.74) is 1.02. The monoisotopic (exact) mass is 375 g/mol. The minimum atomic E-state index is -0.121. The van der Waals surface area contributed by atoms with Gasteiger partial charge in [-0.25, -0.2) is 0 Å². The Labute approximate surface area is 153 Å². The van der Waals surface area contributed by atoms with Gasteiger partial charge in [0.25, 0.3) is 5.91 Å². The quantitative estimate of drug-likeness (QED) is 0.459. The second-order valence-electron chi connectivity index (χ2n) is 4.64. The van der Waals surface area contributed by atoms with Crippen LogP contribution in [0, 0.1) is 0 Å². The van der Waals surface area contributed by atoms with Crippen molar-refractivity contribution in [3.63, 3.8) is 0 Å². The molecule has 0 radical (unpaired) electrons. The Balaban J connectivity index is 1.94. The van der Waals surface area contributed by atoms with E-state index in [-0.39, 0.29) is 5.91 Å². The van der Waals surface area contributed by atoms with Crippen molar-refractivity contribution in [2.24, 2.45) is 0 Å². The molecule has 2 aromatic carbocycles. The molecule has 23 heavy (non-hydrogen) atoms. The standard InChI is InChI=1S/C17H13NOS4/c1-21-13-8-4-5-9-14(13)22-12-7-3-2-6-11(12)10-15-16(19)18-17(20)23-15/h2-10H,1H3,(H,18,19,20). The van der Waals surface area contributed by atoms with Gasteiger partial charge in [-0.05, 0) is 36.1 Å². The molecule has 2 aromatic rings. The van der Waals surface area contributed by atoms with Crippen LogP contribution in [-0.4, -0.2) is 16.5 Å². The van der Waals surface area contributed by atoms with Crippen molar-refractivity contribution in [3.05, 3.63) is 59.0 Å². The lowest BCUT2D eigenvalue weighted by molar-refractivity contribution is -0.115. The van der Waals surface area contributed by atoms with Gasteiger partial charge in [-0.1, -0.05) is 66.1 Å². The topological polar surface area (TPSA) is 29.1 Å². The summed E-state index contributed by atoms with van der Waals surface area (Å²) in [7, 11) is 0. The Morgan fingerprint density at radius 2 is 1.70 bits per heavy atom. The molecule has 0 saturated carbocycles. The number of amides is 1. The van der Waals surface area contributed by atoms with Crippen molar-refractivity contribution >= 4 is 63.8 Å². The molecule has 116 valence electrons. The molecule has 1 fully saturated rings. The number of hydrogen-bond donors (Lipinski definition) is 1. The molecule has 6 heteroatoms. The van der Waals surface area contributed by atoms with Crippen molar-refractivity contribution < 1.29 is 4.79 Å². The lowest BCUT2D eigenvalue weighted by Crippen LogP contribution is -2.17. The largest absolute Gasteiger partial charge is 0.307 e. The molecule has 1 heterocycles. The van der Waals surface area contributed by atoms with Crippen LogP contribution in [0.4, 0.5) is 0 Å². The zero-order valence-electron chi connectivity index (χ0n) is 12.2. The van der Waals surface area contributed by atoms with Crippen LogP contribution < -0.4 is 5.32 Å². The predicted molar refractivity (Wildman–Crippen MR) is 105 cm³/mol. The van der Waals surface area contributed by atoms with Gasteiger partial charge in [0, 0.05) is 14.7 Å². The summed E-state index contributed by atoms with van der Waals surface area (Å²) >= 11 is 9.80. The summed E-state index contributed by atoms with van der Waals surface area (Å²) < 4.78 is 0.513. The average Bonchev–Trinajstić information content (AvgIpc) is 2.87. The molecule has 0 bridgehead atoms. The van der Waals surface area contributed by atoms with Crippen LogP contribution in [0.3, 0.4) is 0 Å². The highest BCUT2D eigenvalue weighted by Crippen LogP contribution is 2.37. The smallest absolute Gasteiger partial charge is 0.263 e. The van der Waals surface area contributed by atoms with E-state index >= 15 is 0 Å². The fourth-order valence-corrected chi connectivity index (χ4v) is 4.91. The van der Waals surface area contributed by atoms with E-state index in [0.29, 0.717) is 9.23 Å². The van der Waals surface area contributed by atoms with Gasteiger partial charge in [0.05, 0.1) is 4.91 Å². The number of thiocarbonyl (C=S) groups is 1. The SMILES string of the molecule is CSc1ccccc1Sc1ccccc1C=C1SC(=S)NC1=O. The van der Waals surface area contributed by atoms with Gasteiger partial charge in [0.2, 0.25) is 0 Å². The molecule has 2 nitrogen and oxygen atoms in total. The number of benzene rings is 2. The molecule has 1 saturated heterocycles. The van der Waals surface area contributed by atoms with Crippen LogP contribution in [0.15, 0.2) is 68.1 Å². The van der Waals surface area contributed by atoms with Crippen LogP contribution in [0.1, 0.15) is 5.56 Å². The summed E-state index contributed by atoms with van der Waals surface area (Å²) in [5, 5.41) is 2.65. The van der Waals surface area contributed by atoms with Crippen molar-refractivity contribution in [2.75, 3.05) is 6.26 Å². The molecule has 0 aliphatic carbocycles. The van der Waals surface area contributed by atoms with Crippen molar-refractivity contribution in [1.82, 2.24) is 5.32 Å². The lowest BCUT2D eigenvalue weighted by Gasteiger charge is -2.09. The third kappa shape index (κ3) is 4.01. The van der Waals surface area contributed by atoms with Crippen molar-refractivity contribution in [3.8, 4) is 0 Å². The van der Waals surface area contributed by atoms with Crippen LogP contribution in [0.5, 0.6) is 0 Å². The van der Waals surface area contributed by atoms with Crippen molar-refractivity contribution in [2.45, 2.75) is 14.7 Å². The number of carbonyl (C=O) groups excluding carboxylic acids is 1. The van der Waals surface area contributed by atoms with Crippen LogP contribution in [0.25, 0.3) is 6.08 Å². The Hall–Kier alpha value is -1.21. The minimum absolute atomic E-state index is 0.121. The maximum atomic E-state index is 11.9. The lowest BCUT2D eigenvalue weighted by atomic mass is 10.2. The Morgan fingerprint density at radius 3 is 2.35 bits per heavy atom. The first-order valence-corrected chi connectivity index (χ1v) is 10.1. The zero-order valence-corrected chi connectivity index (χ0v) is 15.5. The number of carbonyl (C=O) groups is 1. The molecule has 0 aromatic heterocycles. The van der Waals surface area contributed by atoms with Gasteiger partial charge in [-0.2, -0.15) is 0 Å². The second-order valence-corrected chi connectivity index (χ2v) is 8.29. The normalized spacial score (nSPS) is 16.0. The number of rotatable bonds is 4.